The van der Waals surface area contributed by atoms with Gasteiger partial charge in [0.25, 0.3) is 0 Å². The van der Waals surface area contributed by atoms with E-state index in [0.717, 1.165) is 51.4 Å². The van der Waals surface area contributed by atoms with E-state index in [9.17, 15) is 14.7 Å². The van der Waals surface area contributed by atoms with Crippen LogP contribution >= 0.6 is 0 Å². The molecule has 5 fully saturated rings. The van der Waals surface area contributed by atoms with Crippen molar-refractivity contribution in [3.63, 3.8) is 0 Å². The topological polar surface area (TPSA) is 90.7 Å². The highest BCUT2D eigenvalue weighted by Gasteiger charge is 2.72. The summed E-state index contributed by atoms with van der Waals surface area (Å²) in [5.41, 5.74) is 2.33. The van der Waals surface area contributed by atoms with Crippen LogP contribution in [0.3, 0.4) is 0 Å². The molecule has 0 unspecified atom stereocenters. The van der Waals surface area contributed by atoms with Crippen molar-refractivity contribution in [2.45, 2.75) is 125 Å². The SMILES string of the molecule is C=C(C)[C@@H]1CC[C@]2([C@H](O)c3cnn(C)c3C(=O)OC)CC[C@]3(C)[C@H](CC[C@@H]4[C@@]5(C)CC[C@H](OC(C)=O)C(C)(C)[C@@H]5CC[C@]43C)[C@@H]12. The molecule has 1 aromatic heterocycles. The minimum atomic E-state index is -0.782. The van der Waals surface area contributed by atoms with Gasteiger partial charge in [0.2, 0.25) is 0 Å². The fourth-order valence-corrected chi connectivity index (χ4v) is 13.4. The lowest BCUT2D eigenvalue weighted by Gasteiger charge is -2.73. The third-order valence-electron chi connectivity index (χ3n) is 15.6. The molecule has 0 amide bonds. The number of rotatable bonds is 5. The Bertz CT molecular complexity index is 1380. The molecule has 250 valence electrons. The molecule has 5 aliphatic rings. The Kier molecular flexibility index (Phi) is 7.78. The summed E-state index contributed by atoms with van der Waals surface area (Å²) in [5.74, 6) is 1.64. The number of carbonyl (C=O) groups excluding carboxylic acids is 2. The fourth-order valence-electron chi connectivity index (χ4n) is 13.4. The molecule has 7 nitrogen and oxygen atoms in total. The van der Waals surface area contributed by atoms with Crippen molar-refractivity contribution in [1.29, 1.82) is 0 Å². The normalized spacial score (nSPS) is 44.0. The van der Waals surface area contributed by atoms with Crippen LogP contribution in [0.25, 0.3) is 0 Å². The molecule has 0 aromatic carbocycles. The van der Waals surface area contributed by atoms with E-state index in [1.54, 1.807) is 24.9 Å². The maximum atomic E-state index is 12.9. The fraction of sp³-hybridized carbons (Fsp3) is 0.816. The van der Waals surface area contributed by atoms with Gasteiger partial charge in [-0.05, 0) is 117 Å². The quantitative estimate of drug-likeness (QED) is 0.266. The van der Waals surface area contributed by atoms with Crippen LogP contribution in [0.5, 0.6) is 0 Å². The van der Waals surface area contributed by atoms with Crippen molar-refractivity contribution in [3.8, 4) is 0 Å². The standard InChI is InChI=1S/C38H58N2O5/c1-22(2)24-13-18-38(32(42)25-21-39-40(9)31(25)33(43)44-10)20-19-36(7)26(30(24)38)11-12-28-35(6)16-15-29(45-23(3)41)34(4,5)27(35)14-17-37(28,36)8/h21,24,26-30,32,42H,1,11-20H2,2-10H3/t24-,26+,27-,28+,29-,30+,32+,35-,36+,37+,38-/m0/s1. The molecule has 45 heavy (non-hydrogen) atoms. The predicted molar refractivity (Wildman–Crippen MR) is 174 cm³/mol. The number of esters is 2. The molecule has 0 radical (unpaired) electrons. The number of aliphatic hydroxyl groups excluding tert-OH is 1. The number of hydrogen-bond acceptors (Lipinski definition) is 6. The molecular formula is C38H58N2O5. The van der Waals surface area contributed by atoms with E-state index in [0.29, 0.717) is 40.8 Å². The van der Waals surface area contributed by atoms with Gasteiger partial charge >= 0.3 is 11.9 Å². The van der Waals surface area contributed by atoms with Crippen LogP contribution in [-0.4, -0.2) is 40.0 Å². The van der Waals surface area contributed by atoms with Crippen molar-refractivity contribution >= 4 is 11.9 Å². The van der Waals surface area contributed by atoms with Crippen LogP contribution in [0.15, 0.2) is 18.3 Å². The lowest BCUT2D eigenvalue weighted by Crippen LogP contribution is -2.67. The Morgan fingerprint density at radius 2 is 1.67 bits per heavy atom. The molecule has 5 aliphatic carbocycles. The van der Waals surface area contributed by atoms with Gasteiger partial charge in [-0.25, -0.2) is 4.79 Å². The molecule has 1 heterocycles. The highest BCUT2D eigenvalue weighted by atomic mass is 16.5. The molecule has 5 saturated carbocycles. The van der Waals surface area contributed by atoms with Crippen LogP contribution < -0.4 is 0 Å². The Balaban J connectivity index is 1.38. The number of aliphatic hydroxyl groups is 1. The van der Waals surface area contributed by atoms with Crippen molar-refractivity contribution in [3.05, 3.63) is 29.6 Å². The maximum absolute atomic E-state index is 12.9. The van der Waals surface area contributed by atoms with Crippen molar-refractivity contribution in [2.24, 2.45) is 63.7 Å². The highest BCUT2D eigenvalue weighted by Crippen LogP contribution is 2.78. The first kappa shape index (κ1) is 32.8. The van der Waals surface area contributed by atoms with Crippen LogP contribution in [0.2, 0.25) is 0 Å². The van der Waals surface area contributed by atoms with Crippen molar-refractivity contribution in [1.82, 2.24) is 9.78 Å². The second kappa shape index (κ2) is 10.7. The summed E-state index contributed by atoms with van der Waals surface area (Å²) in [7, 11) is 3.14. The number of nitrogens with zero attached hydrogens (tertiary/aromatic N) is 2. The molecule has 1 N–H and O–H groups in total. The van der Waals surface area contributed by atoms with Crippen LogP contribution in [0, 0.1) is 56.7 Å². The Labute approximate surface area is 270 Å². The molecular weight excluding hydrogens is 564 g/mol. The number of hydrogen-bond donors (Lipinski definition) is 1. The monoisotopic (exact) mass is 622 g/mol. The summed E-state index contributed by atoms with van der Waals surface area (Å²) >= 11 is 0. The van der Waals surface area contributed by atoms with E-state index in [1.807, 2.05) is 0 Å². The van der Waals surface area contributed by atoms with Gasteiger partial charge in [0.1, 0.15) is 6.10 Å². The zero-order chi connectivity index (χ0) is 32.9. The lowest BCUT2D eigenvalue weighted by molar-refractivity contribution is -0.255. The predicted octanol–water partition coefficient (Wildman–Crippen LogP) is 7.83. The molecule has 6 rings (SSSR count). The Hall–Kier alpha value is -2.15. The summed E-state index contributed by atoms with van der Waals surface area (Å²) in [6.45, 7) is 20.8. The zero-order valence-corrected chi connectivity index (χ0v) is 29.4. The average molecular weight is 623 g/mol. The second-order valence-electron chi connectivity index (χ2n) is 17.3. The third kappa shape index (κ3) is 4.33. The number of ether oxygens (including phenoxy) is 2. The summed E-state index contributed by atoms with van der Waals surface area (Å²) < 4.78 is 12.6. The van der Waals surface area contributed by atoms with Crippen molar-refractivity contribution in [2.75, 3.05) is 7.11 Å². The first-order chi connectivity index (χ1) is 21.0. The summed E-state index contributed by atoms with van der Waals surface area (Å²) in [5, 5.41) is 16.8. The summed E-state index contributed by atoms with van der Waals surface area (Å²) in [6, 6.07) is 0. The smallest absolute Gasteiger partial charge is 0.356 e. The first-order valence-corrected chi connectivity index (χ1v) is 17.6. The van der Waals surface area contributed by atoms with E-state index in [-0.39, 0.29) is 39.1 Å². The van der Waals surface area contributed by atoms with Crippen LogP contribution in [-0.2, 0) is 21.3 Å². The highest BCUT2D eigenvalue weighted by molar-refractivity contribution is 5.89. The van der Waals surface area contributed by atoms with E-state index in [2.05, 4.69) is 53.2 Å². The summed E-state index contributed by atoms with van der Waals surface area (Å²) in [6.07, 6.45) is 11.6. The number of aryl methyl sites for hydroxylation is 1. The molecule has 0 aliphatic heterocycles. The van der Waals surface area contributed by atoms with E-state index >= 15 is 0 Å². The van der Waals surface area contributed by atoms with Crippen LogP contribution in [0.4, 0.5) is 0 Å². The van der Waals surface area contributed by atoms with Gasteiger partial charge in [0.05, 0.1) is 19.4 Å². The molecule has 0 bridgehead atoms. The van der Waals surface area contributed by atoms with Gasteiger partial charge in [0, 0.05) is 30.4 Å². The number of fused-ring (bicyclic) bond motifs is 7. The average Bonchev–Trinajstić information content (AvgIpc) is 3.56. The third-order valence-corrected chi connectivity index (χ3v) is 15.6. The molecule has 7 heteroatoms. The Morgan fingerprint density at radius 1 is 0.956 bits per heavy atom. The molecule has 11 atom stereocenters. The number of aromatic nitrogens is 2. The van der Waals surface area contributed by atoms with Gasteiger partial charge < -0.3 is 14.6 Å². The molecule has 0 saturated heterocycles. The van der Waals surface area contributed by atoms with Gasteiger partial charge in [-0.3, -0.25) is 9.48 Å². The van der Waals surface area contributed by atoms with Crippen molar-refractivity contribution < 1.29 is 24.2 Å². The minimum Gasteiger partial charge on any atom is -0.464 e. The number of allylic oxidation sites excluding steroid dienone is 1. The van der Waals surface area contributed by atoms with Gasteiger partial charge in [-0.1, -0.05) is 46.8 Å². The second-order valence-corrected chi connectivity index (χ2v) is 17.3. The number of methoxy groups -OCH3 is 1. The van der Waals surface area contributed by atoms with E-state index in [4.69, 9.17) is 9.47 Å². The first-order valence-electron chi connectivity index (χ1n) is 17.6. The lowest BCUT2D eigenvalue weighted by atomic mass is 9.32. The number of carbonyl (C=O) groups is 2. The maximum Gasteiger partial charge on any atom is 0.356 e. The minimum absolute atomic E-state index is 0.0155. The van der Waals surface area contributed by atoms with Gasteiger partial charge in [-0.2, -0.15) is 5.10 Å². The largest absolute Gasteiger partial charge is 0.464 e. The Morgan fingerprint density at radius 3 is 2.31 bits per heavy atom. The van der Waals surface area contributed by atoms with Gasteiger partial charge in [-0.15, -0.1) is 0 Å². The van der Waals surface area contributed by atoms with Gasteiger partial charge in [0.15, 0.2) is 5.69 Å². The van der Waals surface area contributed by atoms with E-state index < -0.39 is 12.1 Å². The van der Waals surface area contributed by atoms with E-state index in [1.165, 1.54) is 25.5 Å². The summed E-state index contributed by atoms with van der Waals surface area (Å²) in [4.78, 5) is 24.9. The molecule has 1 aromatic rings. The van der Waals surface area contributed by atoms with Crippen LogP contribution in [0.1, 0.15) is 135 Å². The molecule has 0 spiro atoms. The zero-order valence-electron chi connectivity index (χ0n) is 29.4.